The molecular weight excluding hydrogens is 666 g/mol. The highest BCUT2D eigenvalue weighted by Gasteiger charge is 2.41. The second-order valence-corrected chi connectivity index (χ2v) is 14.6. The zero-order chi connectivity index (χ0) is 34.5. The highest BCUT2D eigenvalue weighted by atomic mass is 31.2. The molecule has 6 aromatic rings. The Morgan fingerprint density at radius 2 is 0.820 bits per heavy atom. The normalized spacial score (nSPS) is 13.7. The number of hydrogen-bond donors (Lipinski definition) is 0. The second-order valence-electron chi connectivity index (χ2n) is 11.9. The van der Waals surface area contributed by atoms with Crippen molar-refractivity contribution < 1.29 is 32.4 Å². The molecule has 0 spiro atoms. The van der Waals surface area contributed by atoms with Crippen molar-refractivity contribution in [3.63, 3.8) is 0 Å². The third kappa shape index (κ3) is 6.97. The fourth-order valence-corrected chi connectivity index (χ4v) is 8.38. The molecule has 0 fully saturated rings. The van der Waals surface area contributed by atoms with Gasteiger partial charge in [-0.25, -0.2) is 0 Å². The fourth-order valence-electron chi connectivity index (χ4n) is 5.58. The summed E-state index contributed by atoms with van der Waals surface area (Å²) in [5.74, 6) is 3.67. The molecule has 248 valence electrons. The minimum absolute atomic E-state index is 0.492. The van der Waals surface area contributed by atoms with Gasteiger partial charge in [0, 0.05) is 27.7 Å². The van der Waals surface area contributed by atoms with Crippen LogP contribution >= 0.6 is 16.8 Å². The van der Waals surface area contributed by atoms with E-state index in [1.54, 1.807) is 48.5 Å². The molecule has 0 saturated carbocycles. The molecule has 0 aromatic heterocycles. The van der Waals surface area contributed by atoms with Gasteiger partial charge < -0.3 is 22.8 Å². The monoisotopic (exact) mass is 698 g/mol. The Kier molecular flexibility index (Phi) is 9.62. The number of ether oxygens (including phenoxy) is 1. The number of benzene rings is 6. The van der Waals surface area contributed by atoms with Crippen molar-refractivity contribution >= 4 is 39.9 Å². The first-order chi connectivity index (χ1) is 24.4. The van der Waals surface area contributed by atoms with E-state index < -0.39 is 22.2 Å². The lowest BCUT2D eigenvalue weighted by Crippen LogP contribution is -2.30. The van der Waals surface area contributed by atoms with Crippen LogP contribution in [-0.4, -0.2) is 12.6 Å². The van der Waals surface area contributed by atoms with E-state index in [2.05, 4.69) is 26.0 Å². The minimum atomic E-state index is -1.78. The Morgan fingerprint density at radius 1 is 0.460 bits per heavy atom. The van der Waals surface area contributed by atoms with Gasteiger partial charge in [-0.2, -0.15) is 0 Å². The molecule has 0 aliphatic carbocycles. The number of para-hydroxylation sites is 4. The number of aldehydes is 2. The van der Waals surface area contributed by atoms with Gasteiger partial charge in [0.2, 0.25) is 0 Å². The van der Waals surface area contributed by atoms with E-state index in [0.717, 1.165) is 34.3 Å². The van der Waals surface area contributed by atoms with Crippen LogP contribution in [0.25, 0.3) is 0 Å². The van der Waals surface area contributed by atoms with Crippen LogP contribution in [0.4, 0.5) is 0 Å². The number of hydrogen-bond acceptors (Lipinski definition) is 7. The number of fused-ring (bicyclic) bond motifs is 2. The largest absolute Gasteiger partial charge is 0.455 e. The first-order valence-electron chi connectivity index (χ1n) is 15.9. The maximum atomic E-state index is 11.3. The van der Waals surface area contributed by atoms with E-state index in [0.29, 0.717) is 45.6 Å². The molecule has 2 atom stereocenters. The Hall–Kier alpha value is -5.48. The zero-order valence-corrected chi connectivity index (χ0v) is 29.1. The number of rotatable bonds is 12. The minimum Gasteiger partial charge on any atom is -0.455 e. The third-order valence-electron chi connectivity index (χ3n) is 8.20. The summed E-state index contributed by atoms with van der Waals surface area (Å²) in [4.78, 5) is 22.6. The summed E-state index contributed by atoms with van der Waals surface area (Å²) in [5, 5.41) is 1.49. The Balaban J connectivity index is 1.32. The van der Waals surface area contributed by atoms with E-state index in [4.69, 9.17) is 22.8 Å². The molecule has 50 heavy (non-hydrogen) atoms. The standard InChI is InChI=1S/C41H32O7P2/c1-41(2)35-15-9-17-37(49(45-31-11-5-3-6-12-31)47-33-23-19-29(27-42)20-24-33)39(35)44-40-36(41)16-10-18-38(40)50(46-32-13-7-4-8-14-32)48-34-25-21-30(28-43)22-26-34/h3-28H,1-2H3. The van der Waals surface area contributed by atoms with Gasteiger partial charge >= 0.3 is 16.8 Å². The van der Waals surface area contributed by atoms with Gasteiger partial charge in [0.05, 0.1) is 10.6 Å². The summed E-state index contributed by atoms with van der Waals surface area (Å²) >= 11 is 0. The predicted molar refractivity (Wildman–Crippen MR) is 197 cm³/mol. The Morgan fingerprint density at radius 3 is 1.18 bits per heavy atom. The Bertz CT molecular complexity index is 1950. The van der Waals surface area contributed by atoms with Gasteiger partial charge in [0.15, 0.2) is 0 Å². The highest BCUT2D eigenvalue weighted by Crippen LogP contribution is 2.53. The maximum Gasteiger partial charge on any atom is 0.330 e. The molecule has 0 radical (unpaired) electrons. The molecule has 0 bridgehead atoms. The summed E-state index contributed by atoms with van der Waals surface area (Å²) in [6, 6.07) is 45.0. The summed E-state index contributed by atoms with van der Waals surface area (Å²) in [6.07, 6.45) is 1.59. The fraction of sp³-hybridized carbons (Fsp3) is 0.0732. The first-order valence-corrected chi connectivity index (χ1v) is 18.3. The highest BCUT2D eigenvalue weighted by molar-refractivity contribution is 7.57. The third-order valence-corrected chi connectivity index (χ3v) is 11.2. The first kappa shape index (κ1) is 33.0. The van der Waals surface area contributed by atoms with E-state index in [9.17, 15) is 9.59 Å². The second kappa shape index (κ2) is 14.6. The molecule has 0 saturated heterocycles. The van der Waals surface area contributed by atoms with E-state index in [1.807, 2.05) is 84.9 Å². The van der Waals surface area contributed by atoms with Gasteiger partial charge in [-0.1, -0.05) is 74.5 Å². The molecule has 2 unspecified atom stereocenters. The topological polar surface area (TPSA) is 80.3 Å². The predicted octanol–water partition coefficient (Wildman–Crippen LogP) is 9.93. The maximum absolute atomic E-state index is 11.3. The van der Waals surface area contributed by atoms with Gasteiger partial charge in [0.1, 0.15) is 47.1 Å². The number of carbonyl (C=O) groups excluding carboxylic acids is 2. The molecule has 7 nitrogen and oxygen atoms in total. The SMILES string of the molecule is CC1(C)c2cccc(P(Oc3ccccc3)Oc3ccc(C=O)cc3)c2Oc2c(P(Oc3ccccc3)Oc3ccc(C=O)cc3)cccc21. The smallest absolute Gasteiger partial charge is 0.330 e. The van der Waals surface area contributed by atoms with Crippen molar-refractivity contribution in [2.24, 2.45) is 0 Å². The van der Waals surface area contributed by atoms with Crippen LogP contribution in [0.15, 0.2) is 146 Å². The van der Waals surface area contributed by atoms with Crippen molar-refractivity contribution in [3.8, 4) is 34.5 Å². The summed E-state index contributed by atoms with van der Waals surface area (Å²) < 4.78 is 33.2. The van der Waals surface area contributed by atoms with Crippen molar-refractivity contribution in [2.45, 2.75) is 19.3 Å². The van der Waals surface area contributed by atoms with Crippen LogP contribution in [-0.2, 0) is 5.41 Å². The molecular formula is C41H32O7P2. The quantitative estimate of drug-likeness (QED) is 0.0930. The molecule has 1 aliphatic heterocycles. The average molecular weight is 699 g/mol. The molecule has 0 N–H and O–H groups in total. The average Bonchev–Trinajstić information content (AvgIpc) is 3.15. The molecule has 1 aliphatic rings. The van der Waals surface area contributed by atoms with Crippen LogP contribution < -0.4 is 33.4 Å². The zero-order valence-electron chi connectivity index (χ0n) is 27.3. The van der Waals surface area contributed by atoms with Crippen LogP contribution in [0.3, 0.4) is 0 Å². The van der Waals surface area contributed by atoms with E-state index in [-0.39, 0.29) is 0 Å². The van der Waals surface area contributed by atoms with Crippen molar-refractivity contribution in [2.75, 3.05) is 0 Å². The molecule has 6 aromatic carbocycles. The molecule has 0 amide bonds. The summed E-state index contributed by atoms with van der Waals surface area (Å²) in [5.41, 5.74) is 2.55. The molecule has 1 heterocycles. The number of carbonyl (C=O) groups is 2. The molecule has 9 heteroatoms. The van der Waals surface area contributed by atoms with E-state index >= 15 is 0 Å². The summed E-state index contributed by atoms with van der Waals surface area (Å²) in [7, 11) is -3.55. The van der Waals surface area contributed by atoms with Gasteiger partial charge in [-0.05, 0) is 84.9 Å². The lowest BCUT2D eigenvalue weighted by atomic mass is 9.76. The van der Waals surface area contributed by atoms with Gasteiger partial charge in [0.25, 0.3) is 0 Å². The van der Waals surface area contributed by atoms with Gasteiger partial charge in [-0.3, -0.25) is 9.59 Å². The van der Waals surface area contributed by atoms with Crippen molar-refractivity contribution in [1.82, 2.24) is 0 Å². The van der Waals surface area contributed by atoms with Crippen LogP contribution in [0.2, 0.25) is 0 Å². The van der Waals surface area contributed by atoms with Crippen molar-refractivity contribution in [1.29, 1.82) is 0 Å². The summed E-state index contributed by atoms with van der Waals surface area (Å²) in [6.45, 7) is 4.33. The van der Waals surface area contributed by atoms with Crippen LogP contribution in [0.1, 0.15) is 45.7 Å². The lowest BCUT2D eigenvalue weighted by Gasteiger charge is -2.37. The van der Waals surface area contributed by atoms with Gasteiger partial charge in [-0.15, -0.1) is 0 Å². The lowest BCUT2D eigenvalue weighted by molar-refractivity contribution is 0.111. The van der Waals surface area contributed by atoms with Crippen LogP contribution in [0, 0.1) is 0 Å². The van der Waals surface area contributed by atoms with Crippen molar-refractivity contribution in [3.05, 3.63) is 168 Å². The Labute approximate surface area is 293 Å². The van der Waals surface area contributed by atoms with Crippen LogP contribution in [0.5, 0.6) is 34.5 Å². The van der Waals surface area contributed by atoms with E-state index in [1.165, 1.54) is 0 Å². The molecule has 7 rings (SSSR count).